The fourth-order valence-electron chi connectivity index (χ4n) is 0.864. The molecule has 68 valence electrons. The lowest BCUT2D eigenvalue weighted by atomic mass is 10.3. The lowest BCUT2D eigenvalue weighted by Gasteiger charge is -1.91. The molecule has 0 radical (unpaired) electrons. The zero-order valence-corrected chi connectivity index (χ0v) is 7.96. The summed E-state index contributed by atoms with van der Waals surface area (Å²) < 4.78 is 0. The molecule has 13 heavy (non-hydrogen) atoms. The Hall–Kier alpha value is -1.40. The van der Waals surface area contributed by atoms with Crippen LogP contribution in [0, 0.1) is 18.8 Å². The van der Waals surface area contributed by atoms with Crippen LogP contribution in [-0.2, 0) is 0 Å². The molecule has 0 aliphatic rings. The maximum Gasteiger partial charge on any atom is 0.131 e. The molecule has 0 aliphatic carbocycles. The van der Waals surface area contributed by atoms with Gasteiger partial charge in [-0.05, 0) is 19.9 Å². The number of nitrogens with zero attached hydrogens (tertiary/aromatic N) is 2. The topological polar surface area (TPSA) is 37.8 Å². The van der Waals surface area contributed by atoms with Crippen LogP contribution in [0.1, 0.15) is 17.8 Å². The van der Waals surface area contributed by atoms with Gasteiger partial charge in [0.1, 0.15) is 5.69 Å². The maximum atomic E-state index is 4.21. The third-order valence-corrected chi connectivity index (χ3v) is 1.47. The summed E-state index contributed by atoms with van der Waals surface area (Å²) >= 11 is 0. The molecule has 0 saturated heterocycles. The summed E-state index contributed by atoms with van der Waals surface area (Å²) in [5, 5.41) is 3.03. The van der Waals surface area contributed by atoms with E-state index in [1.165, 1.54) is 0 Å². The van der Waals surface area contributed by atoms with Crippen LogP contribution < -0.4 is 5.32 Å². The van der Waals surface area contributed by atoms with E-state index < -0.39 is 0 Å². The van der Waals surface area contributed by atoms with E-state index in [0.29, 0.717) is 0 Å². The number of nitrogens with one attached hydrogen (secondary N) is 1. The van der Waals surface area contributed by atoms with Crippen LogP contribution in [-0.4, -0.2) is 23.6 Å². The van der Waals surface area contributed by atoms with Crippen molar-refractivity contribution < 1.29 is 0 Å². The van der Waals surface area contributed by atoms with Crippen molar-refractivity contribution in [2.45, 2.75) is 13.3 Å². The van der Waals surface area contributed by atoms with Crippen molar-refractivity contribution in [2.24, 2.45) is 0 Å². The largest absolute Gasteiger partial charge is 0.319 e. The molecule has 0 bridgehead atoms. The molecule has 0 atom stereocenters. The summed E-state index contributed by atoms with van der Waals surface area (Å²) in [7, 11) is 1.91. The summed E-state index contributed by atoms with van der Waals surface area (Å²) in [5.74, 6) is 5.97. The SMILES string of the molecule is CNCCC#Cc1cncc(C)n1. The summed E-state index contributed by atoms with van der Waals surface area (Å²) in [6, 6.07) is 0. The number of hydrogen-bond donors (Lipinski definition) is 1. The van der Waals surface area contributed by atoms with Crippen molar-refractivity contribution in [1.29, 1.82) is 0 Å². The molecule has 3 heteroatoms. The summed E-state index contributed by atoms with van der Waals surface area (Å²) in [6.07, 6.45) is 4.24. The molecule has 1 N–H and O–H groups in total. The lowest BCUT2D eigenvalue weighted by Crippen LogP contribution is -2.05. The van der Waals surface area contributed by atoms with E-state index in [9.17, 15) is 0 Å². The van der Waals surface area contributed by atoms with Crippen molar-refractivity contribution in [3.8, 4) is 11.8 Å². The van der Waals surface area contributed by atoms with E-state index in [1.54, 1.807) is 12.4 Å². The molecule has 0 amide bonds. The average Bonchev–Trinajstić information content (AvgIpc) is 2.13. The van der Waals surface area contributed by atoms with Gasteiger partial charge in [0.2, 0.25) is 0 Å². The second-order valence-electron chi connectivity index (χ2n) is 2.70. The summed E-state index contributed by atoms with van der Waals surface area (Å²) in [4.78, 5) is 8.22. The Labute approximate surface area is 78.6 Å². The highest BCUT2D eigenvalue weighted by Crippen LogP contribution is 1.91. The van der Waals surface area contributed by atoms with Gasteiger partial charge in [-0.3, -0.25) is 4.98 Å². The van der Waals surface area contributed by atoms with Crippen molar-refractivity contribution in [2.75, 3.05) is 13.6 Å². The Morgan fingerprint density at radius 3 is 3.00 bits per heavy atom. The molecular weight excluding hydrogens is 162 g/mol. The summed E-state index contributed by atoms with van der Waals surface area (Å²) in [6.45, 7) is 2.82. The van der Waals surface area contributed by atoms with Crippen LogP contribution in [0.2, 0.25) is 0 Å². The van der Waals surface area contributed by atoms with Crippen molar-refractivity contribution in [1.82, 2.24) is 15.3 Å². The summed E-state index contributed by atoms with van der Waals surface area (Å²) in [5.41, 5.74) is 1.65. The average molecular weight is 175 g/mol. The molecule has 1 aromatic rings. The Balaban J connectivity index is 2.56. The Morgan fingerprint density at radius 2 is 2.31 bits per heavy atom. The number of rotatable bonds is 2. The first-order valence-corrected chi connectivity index (χ1v) is 4.25. The first-order chi connectivity index (χ1) is 6.33. The number of aromatic nitrogens is 2. The highest BCUT2D eigenvalue weighted by Gasteiger charge is 1.88. The normalized spacial score (nSPS) is 9.08. The molecule has 1 aromatic heterocycles. The van der Waals surface area contributed by atoms with E-state index >= 15 is 0 Å². The van der Waals surface area contributed by atoms with Crippen LogP contribution in [0.25, 0.3) is 0 Å². The van der Waals surface area contributed by atoms with Gasteiger partial charge >= 0.3 is 0 Å². The van der Waals surface area contributed by atoms with Gasteiger partial charge < -0.3 is 5.32 Å². The van der Waals surface area contributed by atoms with Crippen LogP contribution in [0.5, 0.6) is 0 Å². The zero-order valence-electron chi connectivity index (χ0n) is 7.96. The molecule has 0 saturated carbocycles. The van der Waals surface area contributed by atoms with Crippen LogP contribution >= 0.6 is 0 Å². The number of aryl methyl sites for hydroxylation is 1. The quantitative estimate of drug-likeness (QED) is 0.532. The highest BCUT2D eigenvalue weighted by molar-refractivity contribution is 5.25. The first-order valence-electron chi connectivity index (χ1n) is 4.25. The minimum absolute atomic E-state index is 0.746. The van der Waals surface area contributed by atoms with Gasteiger partial charge in [-0.25, -0.2) is 4.98 Å². The van der Waals surface area contributed by atoms with Crippen LogP contribution in [0.4, 0.5) is 0 Å². The first kappa shape index (κ1) is 9.69. The molecular formula is C10H13N3. The van der Waals surface area contributed by atoms with Crippen LogP contribution in [0.15, 0.2) is 12.4 Å². The second-order valence-corrected chi connectivity index (χ2v) is 2.70. The van der Waals surface area contributed by atoms with Gasteiger partial charge in [0.15, 0.2) is 0 Å². The van der Waals surface area contributed by atoms with Gasteiger partial charge in [0.25, 0.3) is 0 Å². The molecule has 3 nitrogen and oxygen atoms in total. The minimum Gasteiger partial charge on any atom is -0.319 e. The fourth-order valence-corrected chi connectivity index (χ4v) is 0.864. The Bertz CT molecular complexity index is 322. The van der Waals surface area contributed by atoms with E-state index in [4.69, 9.17) is 0 Å². The standard InChI is InChI=1S/C10H13N3/c1-9-7-12-8-10(13-9)5-3-4-6-11-2/h7-8,11H,4,6H2,1-2H3. The molecule has 1 heterocycles. The van der Waals surface area contributed by atoms with E-state index in [-0.39, 0.29) is 0 Å². The van der Waals surface area contributed by atoms with Gasteiger partial charge in [-0.2, -0.15) is 0 Å². The van der Waals surface area contributed by atoms with Gasteiger partial charge in [0.05, 0.1) is 11.9 Å². The Kier molecular flexibility index (Phi) is 3.94. The number of hydrogen-bond acceptors (Lipinski definition) is 3. The smallest absolute Gasteiger partial charge is 0.131 e. The monoisotopic (exact) mass is 175 g/mol. The van der Waals surface area contributed by atoms with E-state index in [1.807, 2.05) is 14.0 Å². The molecule has 1 rings (SSSR count). The molecule has 0 aromatic carbocycles. The minimum atomic E-state index is 0.746. The van der Waals surface area contributed by atoms with Crippen molar-refractivity contribution in [3.63, 3.8) is 0 Å². The maximum absolute atomic E-state index is 4.21. The predicted molar refractivity (Wildman–Crippen MR) is 52.2 cm³/mol. The highest BCUT2D eigenvalue weighted by atomic mass is 14.8. The second kappa shape index (κ2) is 5.28. The third-order valence-electron chi connectivity index (χ3n) is 1.47. The van der Waals surface area contributed by atoms with E-state index in [0.717, 1.165) is 24.4 Å². The molecule has 0 spiro atoms. The third kappa shape index (κ3) is 3.68. The van der Waals surface area contributed by atoms with Crippen LogP contribution in [0.3, 0.4) is 0 Å². The fraction of sp³-hybridized carbons (Fsp3) is 0.400. The van der Waals surface area contributed by atoms with E-state index in [2.05, 4.69) is 27.1 Å². The Morgan fingerprint density at radius 1 is 1.46 bits per heavy atom. The van der Waals surface area contributed by atoms with Crippen molar-refractivity contribution >= 4 is 0 Å². The zero-order chi connectivity index (χ0) is 9.52. The van der Waals surface area contributed by atoms with Gasteiger partial charge in [0, 0.05) is 19.2 Å². The van der Waals surface area contributed by atoms with Crippen molar-refractivity contribution in [3.05, 3.63) is 23.8 Å². The molecule has 0 fully saturated rings. The van der Waals surface area contributed by atoms with Gasteiger partial charge in [-0.15, -0.1) is 0 Å². The van der Waals surface area contributed by atoms with Gasteiger partial charge in [-0.1, -0.05) is 5.92 Å². The molecule has 0 aliphatic heterocycles. The lowest BCUT2D eigenvalue weighted by molar-refractivity contribution is 0.818. The predicted octanol–water partition coefficient (Wildman–Crippen LogP) is 0.746. The molecule has 0 unspecified atom stereocenters.